The Morgan fingerprint density at radius 3 is 2.89 bits per heavy atom. The molecule has 0 bridgehead atoms. The fraction of sp³-hybridized carbons (Fsp3) is 0.350. The van der Waals surface area contributed by atoms with Crippen molar-refractivity contribution in [3.05, 3.63) is 58.9 Å². The van der Waals surface area contributed by atoms with E-state index in [1.54, 1.807) is 16.8 Å². The van der Waals surface area contributed by atoms with E-state index in [-0.39, 0.29) is 17.9 Å². The highest BCUT2D eigenvalue weighted by Crippen LogP contribution is 2.27. The highest BCUT2D eigenvalue weighted by atomic mass is 19.2. The number of fused-ring (bicyclic) bond motifs is 1. The lowest BCUT2D eigenvalue weighted by Crippen LogP contribution is -2.50. The summed E-state index contributed by atoms with van der Waals surface area (Å²) in [5, 5.41) is 11.4. The molecular weight excluding hydrogens is 364 g/mol. The number of halogens is 2. The van der Waals surface area contributed by atoms with Crippen molar-refractivity contribution in [3.8, 4) is 0 Å². The summed E-state index contributed by atoms with van der Waals surface area (Å²) in [4.78, 5) is 17.2. The van der Waals surface area contributed by atoms with Crippen molar-refractivity contribution in [3.63, 3.8) is 0 Å². The van der Waals surface area contributed by atoms with Gasteiger partial charge in [-0.3, -0.25) is 9.48 Å². The fourth-order valence-corrected chi connectivity index (χ4v) is 3.84. The summed E-state index contributed by atoms with van der Waals surface area (Å²) in [5.41, 5.74) is 2.65. The zero-order valence-corrected chi connectivity index (χ0v) is 15.7. The number of hydrogen-bond donors (Lipinski definition) is 2. The van der Waals surface area contributed by atoms with Crippen molar-refractivity contribution in [2.45, 2.75) is 25.3 Å². The molecule has 1 aliphatic heterocycles. The minimum Gasteiger partial charge on any atom is -0.347 e. The first-order chi connectivity index (χ1) is 13.4. The number of pyridine rings is 1. The van der Waals surface area contributed by atoms with Crippen molar-refractivity contribution < 1.29 is 13.6 Å². The number of nitrogens with one attached hydrogen (secondary N) is 2. The van der Waals surface area contributed by atoms with Crippen LogP contribution in [0.25, 0.3) is 11.0 Å². The molecule has 3 heterocycles. The molecule has 2 aromatic heterocycles. The molecule has 3 aromatic rings. The lowest BCUT2D eigenvalue weighted by molar-refractivity contribution is 0.0924. The van der Waals surface area contributed by atoms with E-state index in [1.807, 2.05) is 14.0 Å². The van der Waals surface area contributed by atoms with Gasteiger partial charge < -0.3 is 10.6 Å². The minimum absolute atomic E-state index is 0.0999. The fourth-order valence-electron chi connectivity index (χ4n) is 3.84. The second-order valence-electron chi connectivity index (χ2n) is 7.16. The third-order valence-electron chi connectivity index (χ3n) is 5.30. The number of amides is 1. The largest absolute Gasteiger partial charge is 0.347 e. The molecule has 8 heteroatoms. The number of rotatable bonds is 3. The van der Waals surface area contributed by atoms with E-state index < -0.39 is 11.6 Å². The van der Waals surface area contributed by atoms with Gasteiger partial charge >= 0.3 is 0 Å². The first-order valence-corrected chi connectivity index (χ1v) is 9.20. The van der Waals surface area contributed by atoms with Crippen LogP contribution in [0.5, 0.6) is 0 Å². The molecule has 0 radical (unpaired) electrons. The van der Waals surface area contributed by atoms with E-state index in [9.17, 15) is 13.6 Å². The number of carbonyl (C=O) groups is 1. The Morgan fingerprint density at radius 2 is 2.11 bits per heavy atom. The topological polar surface area (TPSA) is 71.8 Å². The normalized spacial score (nSPS) is 19.7. The summed E-state index contributed by atoms with van der Waals surface area (Å²) < 4.78 is 28.6. The van der Waals surface area contributed by atoms with E-state index in [1.165, 1.54) is 12.3 Å². The van der Waals surface area contributed by atoms with Gasteiger partial charge in [-0.2, -0.15) is 5.10 Å². The van der Waals surface area contributed by atoms with Crippen LogP contribution in [0.15, 0.2) is 30.5 Å². The van der Waals surface area contributed by atoms with Gasteiger partial charge in [-0.15, -0.1) is 0 Å². The third-order valence-corrected chi connectivity index (χ3v) is 5.30. The Bertz CT molecular complexity index is 1050. The van der Waals surface area contributed by atoms with Crippen molar-refractivity contribution in [1.29, 1.82) is 0 Å². The number of piperidine rings is 1. The van der Waals surface area contributed by atoms with Crippen molar-refractivity contribution in [1.82, 2.24) is 25.4 Å². The van der Waals surface area contributed by atoms with Crippen LogP contribution in [0, 0.1) is 18.6 Å². The van der Waals surface area contributed by atoms with Crippen LogP contribution in [0.4, 0.5) is 8.78 Å². The van der Waals surface area contributed by atoms with Crippen LogP contribution in [-0.2, 0) is 7.05 Å². The molecule has 1 amide bonds. The Balaban J connectivity index is 1.58. The van der Waals surface area contributed by atoms with E-state index in [4.69, 9.17) is 0 Å². The van der Waals surface area contributed by atoms with Gasteiger partial charge in [0.2, 0.25) is 0 Å². The quantitative estimate of drug-likeness (QED) is 0.727. The predicted molar refractivity (Wildman–Crippen MR) is 101 cm³/mol. The maximum atomic E-state index is 13.7. The van der Waals surface area contributed by atoms with E-state index >= 15 is 0 Å². The summed E-state index contributed by atoms with van der Waals surface area (Å²) in [7, 11) is 1.81. The average molecular weight is 385 g/mol. The molecule has 2 atom stereocenters. The van der Waals surface area contributed by atoms with Gasteiger partial charge in [-0.05, 0) is 43.7 Å². The maximum Gasteiger partial charge on any atom is 0.253 e. The SMILES string of the molecule is Cc1nn(C)c2ncc(C(=O)NC3CNCCC3c3ccc(F)c(F)c3)cc12. The summed E-state index contributed by atoms with van der Waals surface area (Å²) in [6, 6.07) is 5.48. The Labute approximate surface area is 161 Å². The van der Waals surface area contributed by atoms with Crippen LogP contribution >= 0.6 is 0 Å². The molecule has 4 rings (SSSR count). The zero-order valence-electron chi connectivity index (χ0n) is 15.7. The first kappa shape index (κ1) is 18.5. The monoisotopic (exact) mass is 385 g/mol. The second-order valence-corrected chi connectivity index (χ2v) is 7.16. The molecule has 28 heavy (non-hydrogen) atoms. The first-order valence-electron chi connectivity index (χ1n) is 9.20. The van der Waals surface area contributed by atoms with E-state index in [0.717, 1.165) is 30.1 Å². The maximum absolute atomic E-state index is 13.7. The highest BCUT2D eigenvalue weighted by molar-refractivity contribution is 5.97. The van der Waals surface area contributed by atoms with Gasteiger partial charge in [-0.1, -0.05) is 6.07 Å². The minimum atomic E-state index is -0.872. The van der Waals surface area contributed by atoms with E-state index in [0.29, 0.717) is 23.3 Å². The molecule has 0 aliphatic carbocycles. The van der Waals surface area contributed by atoms with Crippen LogP contribution in [0.3, 0.4) is 0 Å². The number of aryl methyl sites for hydroxylation is 2. The van der Waals surface area contributed by atoms with Crippen LogP contribution in [0.1, 0.15) is 34.0 Å². The van der Waals surface area contributed by atoms with Gasteiger partial charge in [0.25, 0.3) is 5.91 Å². The van der Waals surface area contributed by atoms with Gasteiger partial charge in [0, 0.05) is 37.1 Å². The summed E-state index contributed by atoms with van der Waals surface area (Å²) >= 11 is 0. The molecule has 6 nitrogen and oxygen atoms in total. The van der Waals surface area contributed by atoms with Crippen molar-refractivity contribution >= 4 is 16.9 Å². The number of hydrogen-bond acceptors (Lipinski definition) is 4. The van der Waals surface area contributed by atoms with Gasteiger partial charge in [0.1, 0.15) is 0 Å². The van der Waals surface area contributed by atoms with Crippen LogP contribution < -0.4 is 10.6 Å². The average Bonchev–Trinajstić information content (AvgIpc) is 2.98. The molecule has 146 valence electrons. The van der Waals surface area contributed by atoms with Crippen molar-refractivity contribution in [2.24, 2.45) is 7.05 Å². The Kier molecular flexibility index (Phi) is 4.80. The predicted octanol–water partition coefficient (Wildman–Crippen LogP) is 2.43. The summed E-state index contributed by atoms with van der Waals surface area (Å²) in [6.07, 6.45) is 2.25. The lowest BCUT2D eigenvalue weighted by atomic mass is 9.86. The molecule has 0 spiro atoms. The number of aromatic nitrogens is 3. The zero-order chi connectivity index (χ0) is 19.8. The number of nitrogens with zero attached hydrogens (tertiary/aromatic N) is 3. The molecule has 1 saturated heterocycles. The molecule has 1 aliphatic rings. The molecule has 0 saturated carbocycles. The van der Waals surface area contributed by atoms with Gasteiger partial charge in [-0.25, -0.2) is 13.8 Å². The molecule has 2 N–H and O–H groups in total. The molecule has 2 unspecified atom stereocenters. The summed E-state index contributed by atoms with van der Waals surface area (Å²) in [5.74, 6) is -2.09. The Morgan fingerprint density at radius 1 is 1.29 bits per heavy atom. The van der Waals surface area contributed by atoms with Gasteiger partial charge in [0.15, 0.2) is 17.3 Å². The highest BCUT2D eigenvalue weighted by Gasteiger charge is 2.29. The number of carbonyl (C=O) groups excluding carboxylic acids is 1. The van der Waals surface area contributed by atoms with E-state index in [2.05, 4.69) is 20.7 Å². The molecule has 1 aromatic carbocycles. The van der Waals surface area contributed by atoms with Crippen LogP contribution in [-0.4, -0.2) is 39.8 Å². The lowest BCUT2D eigenvalue weighted by Gasteiger charge is -2.33. The van der Waals surface area contributed by atoms with Crippen LogP contribution in [0.2, 0.25) is 0 Å². The smallest absolute Gasteiger partial charge is 0.253 e. The Hall–Kier alpha value is -2.87. The molecular formula is C20H21F2N5O. The second kappa shape index (κ2) is 7.27. The molecule has 1 fully saturated rings. The third kappa shape index (κ3) is 3.35. The van der Waals surface area contributed by atoms with Gasteiger partial charge in [0.05, 0.1) is 11.3 Å². The number of benzene rings is 1. The van der Waals surface area contributed by atoms with Crippen molar-refractivity contribution in [2.75, 3.05) is 13.1 Å². The summed E-state index contributed by atoms with van der Waals surface area (Å²) in [6.45, 7) is 3.17. The standard InChI is InChI=1S/C20H21F2N5O/c1-11-15-7-13(9-24-19(15)27(2)26-11)20(28)25-18-10-23-6-5-14(18)12-3-4-16(21)17(22)8-12/h3-4,7-9,14,18,23H,5-6,10H2,1-2H3,(H,25,28).